The van der Waals surface area contributed by atoms with E-state index in [2.05, 4.69) is 5.32 Å². The summed E-state index contributed by atoms with van der Waals surface area (Å²) in [7, 11) is 0. The molecular formula is C25H25N3O3S. The van der Waals surface area contributed by atoms with Crippen molar-refractivity contribution in [2.75, 3.05) is 5.32 Å². The van der Waals surface area contributed by atoms with Crippen molar-refractivity contribution in [2.45, 2.75) is 39.0 Å². The van der Waals surface area contributed by atoms with Crippen LogP contribution in [0.5, 0.6) is 0 Å². The summed E-state index contributed by atoms with van der Waals surface area (Å²) >= 11 is 1.32. The predicted molar refractivity (Wildman–Crippen MR) is 128 cm³/mol. The van der Waals surface area contributed by atoms with Gasteiger partial charge in [0, 0.05) is 12.1 Å². The molecule has 1 aliphatic heterocycles. The van der Waals surface area contributed by atoms with Crippen molar-refractivity contribution in [1.82, 2.24) is 4.90 Å². The number of nitrogens with zero attached hydrogens (tertiary/aromatic N) is 2. The Kier molecular flexibility index (Phi) is 6.46. The predicted octanol–water partition coefficient (Wildman–Crippen LogP) is 5.37. The smallest absolute Gasteiger partial charge is 0.243 e. The second kappa shape index (κ2) is 9.44. The SMILES string of the molecule is Cc1ccc(C)c(NC(=O)CC2SC(=Nc3ccccc3C)N(Cc3ccco3)C2=O)c1. The molecule has 1 fully saturated rings. The van der Waals surface area contributed by atoms with Crippen LogP contribution in [0.25, 0.3) is 0 Å². The van der Waals surface area contributed by atoms with Gasteiger partial charge in [0.25, 0.3) is 0 Å². The monoisotopic (exact) mass is 447 g/mol. The van der Waals surface area contributed by atoms with Crippen molar-refractivity contribution in [1.29, 1.82) is 0 Å². The lowest BCUT2D eigenvalue weighted by Crippen LogP contribution is -2.33. The van der Waals surface area contributed by atoms with E-state index < -0.39 is 5.25 Å². The Morgan fingerprint density at radius 2 is 1.91 bits per heavy atom. The van der Waals surface area contributed by atoms with E-state index in [0.29, 0.717) is 10.9 Å². The van der Waals surface area contributed by atoms with Crippen LogP contribution in [0.1, 0.15) is 28.9 Å². The Morgan fingerprint density at radius 3 is 2.66 bits per heavy atom. The van der Waals surface area contributed by atoms with Crippen molar-refractivity contribution in [3.63, 3.8) is 0 Å². The van der Waals surface area contributed by atoms with Crippen molar-refractivity contribution in [3.8, 4) is 0 Å². The van der Waals surface area contributed by atoms with Crippen LogP contribution in [0.4, 0.5) is 11.4 Å². The number of thioether (sulfide) groups is 1. The maximum atomic E-state index is 13.2. The van der Waals surface area contributed by atoms with Crippen LogP contribution < -0.4 is 5.32 Å². The van der Waals surface area contributed by atoms with Crippen LogP contribution >= 0.6 is 11.8 Å². The first-order chi connectivity index (χ1) is 15.4. The zero-order valence-electron chi connectivity index (χ0n) is 18.3. The van der Waals surface area contributed by atoms with E-state index in [1.165, 1.54) is 11.8 Å². The highest BCUT2D eigenvalue weighted by Gasteiger charge is 2.39. The van der Waals surface area contributed by atoms with Gasteiger partial charge in [0.2, 0.25) is 11.8 Å². The highest BCUT2D eigenvalue weighted by molar-refractivity contribution is 8.15. The molecule has 1 aliphatic rings. The number of anilines is 1. The number of hydrogen-bond donors (Lipinski definition) is 1. The zero-order chi connectivity index (χ0) is 22.7. The number of carbonyl (C=O) groups is 2. The topological polar surface area (TPSA) is 74.9 Å². The Morgan fingerprint density at radius 1 is 1.09 bits per heavy atom. The van der Waals surface area contributed by atoms with E-state index >= 15 is 0 Å². The van der Waals surface area contributed by atoms with Gasteiger partial charge in [-0.2, -0.15) is 0 Å². The minimum atomic E-state index is -0.544. The average Bonchev–Trinajstić information content (AvgIpc) is 3.37. The standard InChI is InChI=1S/C25H25N3O3S/c1-16-10-11-18(3)21(13-16)26-23(29)14-22-24(30)28(15-19-8-6-12-31-19)25(32-22)27-20-9-5-4-7-17(20)2/h4-13,22H,14-15H2,1-3H3,(H,26,29). The molecule has 3 aromatic rings. The third-order valence-electron chi connectivity index (χ3n) is 5.28. The average molecular weight is 448 g/mol. The van der Waals surface area contributed by atoms with E-state index in [1.54, 1.807) is 17.2 Å². The Hall–Kier alpha value is -3.32. The van der Waals surface area contributed by atoms with E-state index in [0.717, 1.165) is 28.1 Å². The summed E-state index contributed by atoms with van der Waals surface area (Å²) in [6.07, 6.45) is 1.65. The van der Waals surface area contributed by atoms with Crippen LogP contribution in [-0.4, -0.2) is 27.1 Å². The summed E-state index contributed by atoms with van der Waals surface area (Å²) in [6.45, 7) is 6.18. The molecule has 2 aromatic carbocycles. The Bertz CT molecular complexity index is 1170. The number of aryl methyl sites for hydroxylation is 3. The summed E-state index contributed by atoms with van der Waals surface area (Å²) in [5.74, 6) is 0.325. The molecule has 0 bridgehead atoms. The first kappa shape index (κ1) is 21.9. The molecule has 32 heavy (non-hydrogen) atoms. The summed E-state index contributed by atoms with van der Waals surface area (Å²) in [5, 5.41) is 2.98. The van der Waals surface area contributed by atoms with E-state index in [-0.39, 0.29) is 24.8 Å². The number of hydrogen-bond acceptors (Lipinski definition) is 5. The van der Waals surface area contributed by atoms with Gasteiger partial charge in [0.1, 0.15) is 11.0 Å². The van der Waals surface area contributed by atoms with Gasteiger partial charge in [0.15, 0.2) is 5.17 Å². The molecule has 2 heterocycles. The third-order valence-corrected chi connectivity index (χ3v) is 6.46. The van der Waals surface area contributed by atoms with Gasteiger partial charge in [-0.3, -0.25) is 14.5 Å². The van der Waals surface area contributed by atoms with Crippen molar-refractivity contribution in [3.05, 3.63) is 83.3 Å². The van der Waals surface area contributed by atoms with E-state index in [4.69, 9.17) is 9.41 Å². The molecule has 1 saturated heterocycles. The second-order valence-electron chi connectivity index (χ2n) is 7.86. The lowest BCUT2D eigenvalue weighted by atomic mass is 10.1. The van der Waals surface area contributed by atoms with Crippen LogP contribution in [0.15, 0.2) is 70.3 Å². The van der Waals surface area contributed by atoms with Gasteiger partial charge in [-0.15, -0.1) is 0 Å². The molecule has 1 N–H and O–H groups in total. The van der Waals surface area contributed by atoms with E-state index in [9.17, 15) is 9.59 Å². The van der Waals surface area contributed by atoms with Crippen LogP contribution in [-0.2, 0) is 16.1 Å². The molecule has 6 nitrogen and oxygen atoms in total. The maximum absolute atomic E-state index is 13.2. The molecule has 0 radical (unpaired) electrons. The number of para-hydroxylation sites is 1. The molecule has 7 heteroatoms. The molecule has 1 atom stereocenters. The van der Waals surface area contributed by atoms with Crippen molar-refractivity contribution in [2.24, 2.45) is 4.99 Å². The number of furan rings is 1. The van der Waals surface area contributed by atoms with Crippen molar-refractivity contribution >= 4 is 40.1 Å². The minimum absolute atomic E-state index is 0.0678. The highest BCUT2D eigenvalue weighted by atomic mass is 32.2. The summed E-state index contributed by atoms with van der Waals surface area (Å²) < 4.78 is 5.45. The lowest BCUT2D eigenvalue weighted by Gasteiger charge is -2.15. The molecule has 4 rings (SSSR count). The maximum Gasteiger partial charge on any atom is 0.243 e. The molecule has 2 amide bonds. The molecule has 0 saturated carbocycles. The van der Waals surface area contributed by atoms with Gasteiger partial charge in [-0.1, -0.05) is 42.1 Å². The van der Waals surface area contributed by atoms with Gasteiger partial charge in [0.05, 0.1) is 18.5 Å². The molecule has 0 aliphatic carbocycles. The van der Waals surface area contributed by atoms with Crippen LogP contribution in [0.2, 0.25) is 0 Å². The number of amidine groups is 1. The summed E-state index contributed by atoms with van der Waals surface area (Å²) in [4.78, 5) is 32.3. The fourth-order valence-electron chi connectivity index (χ4n) is 3.46. The molecule has 1 unspecified atom stereocenters. The Labute approximate surface area is 191 Å². The highest BCUT2D eigenvalue weighted by Crippen LogP contribution is 2.34. The molecule has 1 aromatic heterocycles. The third kappa shape index (κ3) is 4.94. The lowest BCUT2D eigenvalue weighted by molar-refractivity contribution is -0.128. The van der Waals surface area contributed by atoms with Crippen molar-refractivity contribution < 1.29 is 14.0 Å². The second-order valence-corrected chi connectivity index (χ2v) is 9.03. The fraction of sp³-hybridized carbons (Fsp3) is 0.240. The number of nitrogens with one attached hydrogen (secondary N) is 1. The van der Waals surface area contributed by atoms with Gasteiger partial charge in [-0.25, -0.2) is 4.99 Å². The van der Waals surface area contributed by atoms with Crippen LogP contribution in [0, 0.1) is 20.8 Å². The largest absolute Gasteiger partial charge is 0.467 e. The summed E-state index contributed by atoms with van der Waals surface area (Å²) in [6, 6.07) is 17.3. The van der Waals surface area contributed by atoms with Crippen LogP contribution in [0.3, 0.4) is 0 Å². The molecule has 164 valence electrons. The minimum Gasteiger partial charge on any atom is -0.467 e. The fourth-order valence-corrected chi connectivity index (χ4v) is 4.61. The first-order valence-electron chi connectivity index (χ1n) is 10.4. The first-order valence-corrected chi connectivity index (χ1v) is 11.3. The molecule has 0 spiro atoms. The number of carbonyl (C=O) groups excluding carboxylic acids is 2. The van der Waals surface area contributed by atoms with Gasteiger partial charge < -0.3 is 9.73 Å². The Balaban J connectivity index is 1.55. The zero-order valence-corrected chi connectivity index (χ0v) is 19.1. The normalized spacial score (nSPS) is 17.2. The van der Waals surface area contributed by atoms with E-state index in [1.807, 2.05) is 69.3 Å². The number of rotatable bonds is 6. The molecular weight excluding hydrogens is 422 g/mol. The summed E-state index contributed by atoms with van der Waals surface area (Å²) in [5.41, 5.74) is 4.63. The quantitative estimate of drug-likeness (QED) is 0.552. The number of aliphatic imine (C=N–C) groups is 1. The van der Waals surface area contributed by atoms with Gasteiger partial charge in [-0.05, 0) is 61.7 Å². The number of benzene rings is 2. The van der Waals surface area contributed by atoms with Gasteiger partial charge >= 0.3 is 0 Å². The number of amides is 2.